The van der Waals surface area contributed by atoms with Crippen LogP contribution >= 0.6 is 0 Å². The van der Waals surface area contributed by atoms with E-state index in [1.807, 2.05) is 0 Å². The highest BCUT2D eigenvalue weighted by Gasteiger charge is 2.31. The molecule has 1 atom stereocenters. The van der Waals surface area contributed by atoms with Crippen molar-refractivity contribution in [1.82, 2.24) is 9.88 Å². The van der Waals surface area contributed by atoms with Crippen molar-refractivity contribution >= 4 is 11.8 Å². The number of likely N-dealkylation sites (tertiary alicyclic amines) is 1. The van der Waals surface area contributed by atoms with Gasteiger partial charge in [-0.15, -0.1) is 0 Å². The largest absolute Gasteiger partial charge is 0.454 e. The molecule has 0 amide bonds. The summed E-state index contributed by atoms with van der Waals surface area (Å²) in [6.07, 6.45) is 1.03. The van der Waals surface area contributed by atoms with E-state index in [-0.39, 0.29) is 18.0 Å². The van der Waals surface area contributed by atoms with Crippen molar-refractivity contribution in [2.45, 2.75) is 31.5 Å². The number of carbonyl (C=O) groups excluding carboxylic acids is 1. The molecule has 0 spiro atoms. The highest BCUT2D eigenvalue weighted by atomic mass is 19.4. The summed E-state index contributed by atoms with van der Waals surface area (Å²) in [6, 6.07) is 7.56. The number of halogens is 3. The van der Waals surface area contributed by atoms with Crippen molar-refractivity contribution in [2.24, 2.45) is 10.9 Å². The maximum Gasteiger partial charge on any atom is 0.416 e. The summed E-state index contributed by atoms with van der Waals surface area (Å²) in [7, 11) is 0. The summed E-state index contributed by atoms with van der Waals surface area (Å²) in [5.74, 6) is -0.745. The first-order chi connectivity index (χ1) is 15.3. The van der Waals surface area contributed by atoms with Gasteiger partial charge in [0.05, 0.1) is 11.1 Å². The average molecular weight is 450 g/mol. The molecule has 0 saturated carbocycles. The Morgan fingerprint density at radius 3 is 2.59 bits per heavy atom. The molecule has 1 aliphatic rings. The van der Waals surface area contributed by atoms with Gasteiger partial charge in [-0.2, -0.15) is 13.2 Å². The van der Waals surface area contributed by atoms with Gasteiger partial charge in [-0.05, 0) is 56.3 Å². The molecule has 1 fully saturated rings. The Morgan fingerprint density at radius 1 is 1.16 bits per heavy atom. The van der Waals surface area contributed by atoms with Crippen LogP contribution in [0.3, 0.4) is 0 Å². The van der Waals surface area contributed by atoms with Crippen LogP contribution in [0.15, 0.2) is 53.9 Å². The number of hydrogen-bond donors (Lipinski definition) is 1. The maximum absolute atomic E-state index is 13.0. The van der Waals surface area contributed by atoms with E-state index < -0.39 is 23.8 Å². The number of oxime groups is 1. The molecule has 32 heavy (non-hydrogen) atoms. The number of amidine groups is 1. The highest BCUT2D eigenvalue weighted by molar-refractivity contribution is 5.96. The van der Waals surface area contributed by atoms with Gasteiger partial charge in [0.15, 0.2) is 18.5 Å². The third-order valence-electron chi connectivity index (χ3n) is 4.99. The number of piperidine rings is 1. The van der Waals surface area contributed by atoms with Gasteiger partial charge in [-0.25, -0.2) is 4.79 Å². The summed E-state index contributed by atoms with van der Waals surface area (Å²) < 4.78 is 44.4. The van der Waals surface area contributed by atoms with E-state index in [9.17, 15) is 18.0 Å². The summed E-state index contributed by atoms with van der Waals surface area (Å²) in [6.45, 7) is 1.98. The lowest BCUT2D eigenvalue weighted by molar-refractivity contribution is -0.137. The molecule has 0 radical (unpaired) electrons. The number of rotatable bonds is 8. The fraction of sp³-hybridized carbons (Fsp3) is 0.409. The molecule has 1 aliphatic heterocycles. The van der Waals surface area contributed by atoms with Gasteiger partial charge in [-0.3, -0.25) is 9.88 Å². The van der Waals surface area contributed by atoms with Gasteiger partial charge in [0.1, 0.15) is 0 Å². The predicted molar refractivity (Wildman–Crippen MR) is 112 cm³/mol. The Hall–Kier alpha value is -3.14. The Balaban J connectivity index is 1.67. The smallest absolute Gasteiger partial charge is 0.416 e. The van der Waals surface area contributed by atoms with Crippen LogP contribution in [0.4, 0.5) is 13.2 Å². The minimum Gasteiger partial charge on any atom is -0.454 e. The van der Waals surface area contributed by atoms with E-state index >= 15 is 0 Å². The van der Waals surface area contributed by atoms with E-state index in [2.05, 4.69) is 15.0 Å². The third-order valence-corrected chi connectivity index (χ3v) is 4.99. The molecule has 172 valence electrons. The van der Waals surface area contributed by atoms with Crippen LogP contribution in [0.1, 0.15) is 40.7 Å². The summed E-state index contributed by atoms with van der Waals surface area (Å²) in [5.41, 5.74) is 5.35. The Morgan fingerprint density at radius 2 is 1.91 bits per heavy atom. The molecule has 1 unspecified atom stereocenters. The van der Waals surface area contributed by atoms with E-state index in [1.54, 1.807) is 18.3 Å². The van der Waals surface area contributed by atoms with Gasteiger partial charge in [-0.1, -0.05) is 17.6 Å². The second-order valence-electron chi connectivity index (χ2n) is 7.48. The van der Waals surface area contributed by atoms with Crippen molar-refractivity contribution < 1.29 is 27.5 Å². The lowest BCUT2D eigenvalue weighted by atomic mass is 10.1. The van der Waals surface area contributed by atoms with Crippen LogP contribution in [0.2, 0.25) is 0 Å². The fourth-order valence-corrected chi connectivity index (χ4v) is 3.35. The number of aromatic nitrogens is 1. The molecule has 1 aromatic carbocycles. The molecule has 1 aromatic heterocycles. The molecule has 10 heteroatoms. The van der Waals surface area contributed by atoms with Crippen molar-refractivity contribution in [1.29, 1.82) is 0 Å². The van der Waals surface area contributed by atoms with E-state index in [1.165, 1.54) is 18.3 Å². The number of nitrogens with zero attached hydrogens (tertiary/aromatic N) is 3. The molecule has 2 N–H and O–H groups in total. The zero-order chi connectivity index (χ0) is 23.0. The maximum atomic E-state index is 13.0. The predicted octanol–water partition coefficient (Wildman–Crippen LogP) is 3.45. The van der Waals surface area contributed by atoms with Crippen LogP contribution in [0.25, 0.3) is 0 Å². The lowest BCUT2D eigenvalue weighted by Crippen LogP contribution is -2.40. The van der Waals surface area contributed by atoms with Gasteiger partial charge in [0.25, 0.3) is 0 Å². The molecule has 1 saturated heterocycles. The Labute approximate surface area is 184 Å². The van der Waals surface area contributed by atoms with Crippen molar-refractivity contribution in [3.63, 3.8) is 0 Å². The standard InChI is InChI=1S/C22H25F3N4O3/c23-22(24,25)18-8-4-6-16(12-18)21(30)32-19(14-29-10-2-1-3-11-29)15-31-28-20(26)17-7-5-9-27-13-17/h4-9,12-13,19H,1-3,10-11,14-15H2,(H2,26,28). The summed E-state index contributed by atoms with van der Waals surface area (Å²) in [5, 5.41) is 3.85. The van der Waals surface area contributed by atoms with E-state index in [0.29, 0.717) is 12.1 Å². The van der Waals surface area contributed by atoms with Gasteiger partial charge in [0.2, 0.25) is 0 Å². The minimum absolute atomic E-state index is 0.0951. The summed E-state index contributed by atoms with van der Waals surface area (Å²) >= 11 is 0. The zero-order valence-corrected chi connectivity index (χ0v) is 17.4. The first-order valence-corrected chi connectivity index (χ1v) is 10.3. The van der Waals surface area contributed by atoms with Crippen LogP contribution in [0, 0.1) is 0 Å². The molecule has 7 nitrogen and oxygen atoms in total. The molecular weight excluding hydrogens is 425 g/mol. The van der Waals surface area contributed by atoms with E-state index in [0.717, 1.165) is 44.5 Å². The number of ether oxygens (including phenoxy) is 1. The molecule has 0 aliphatic carbocycles. The Bertz CT molecular complexity index is 916. The topological polar surface area (TPSA) is 90.0 Å². The number of benzene rings is 1. The summed E-state index contributed by atoms with van der Waals surface area (Å²) in [4.78, 5) is 24.0. The molecule has 2 aromatic rings. The number of hydrogen-bond acceptors (Lipinski definition) is 6. The third kappa shape index (κ3) is 6.94. The fourth-order valence-electron chi connectivity index (χ4n) is 3.35. The number of carbonyl (C=O) groups is 1. The lowest BCUT2D eigenvalue weighted by Gasteiger charge is -2.29. The first-order valence-electron chi connectivity index (χ1n) is 10.3. The highest BCUT2D eigenvalue weighted by Crippen LogP contribution is 2.29. The van der Waals surface area contributed by atoms with Crippen LogP contribution < -0.4 is 5.73 Å². The van der Waals surface area contributed by atoms with Crippen LogP contribution in [0.5, 0.6) is 0 Å². The number of nitrogens with two attached hydrogens (primary N) is 1. The second kappa shape index (κ2) is 10.9. The molecular formula is C22H25F3N4O3. The monoisotopic (exact) mass is 450 g/mol. The van der Waals surface area contributed by atoms with E-state index in [4.69, 9.17) is 15.3 Å². The average Bonchev–Trinajstić information content (AvgIpc) is 2.79. The SMILES string of the molecule is N/C(=N\OCC(CN1CCCCC1)OC(=O)c1cccc(C(F)(F)F)c1)c1cccnc1. The van der Waals surface area contributed by atoms with Gasteiger partial charge < -0.3 is 15.3 Å². The zero-order valence-electron chi connectivity index (χ0n) is 17.4. The van der Waals surface area contributed by atoms with Gasteiger partial charge in [0, 0.05) is 24.5 Å². The minimum atomic E-state index is -4.55. The normalized spacial score (nSPS) is 16.4. The van der Waals surface area contributed by atoms with Crippen LogP contribution in [-0.4, -0.2) is 54.0 Å². The molecule has 0 bridgehead atoms. The van der Waals surface area contributed by atoms with Crippen molar-refractivity contribution in [2.75, 3.05) is 26.2 Å². The first kappa shape index (κ1) is 23.5. The van der Waals surface area contributed by atoms with Crippen molar-refractivity contribution in [3.05, 3.63) is 65.5 Å². The van der Waals surface area contributed by atoms with Crippen molar-refractivity contribution in [3.8, 4) is 0 Å². The second-order valence-corrected chi connectivity index (χ2v) is 7.48. The number of esters is 1. The molecule has 2 heterocycles. The van der Waals surface area contributed by atoms with Crippen LogP contribution in [-0.2, 0) is 15.8 Å². The Kier molecular flexibility index (Phi) is 8.04. The number of pyridine rings is 1. The molecule has 3 rings (SSSR count). The van der Waals surface area contributed by atoms with Gasteiger partial charge >= 0.3 is 12.1 Å². The quantitative estimate of drug-likeness (QED) is 0.287. The number of alkyl halides is 3.